The van der Waals surface area contributed by atoms with Gasteiger partial charge >= 0.3 is 0 Å². The summed E-state index contributed by atoms with van der Waals surface area (Å²) in [5.41, 5.74) is 1.14. The normalized spacial score (nSPS) is 10.5. The number of hydrogen-bond acceptors (Lipinski definition) is 5. The van der Waals surface area contributed by atoms with E-state index in [4.69, 9.17) is 0 Å². The highest BCUT2D eigenvalue weighted by atomic mass is 32.1. The lowest BCUT2D eigenvalue weighted by Gasteiger charge is -1.97. The molecular formula is C9H13N5S. The second kappa shape index (κ2) is 4.39. The third kappa shape index (κ3) is 2.53. The summed E-state index contributed by atoms with van der Waals surface area (Å²) in [6.45, 7) is 2.79. The summed E-state index contributed by atoms with van der Waals surface area (Å²) in [6.07, 6.45) is 4.70. The van der Waals surface area contributed by atoms with Gasteiger partial charge in [0.25, 0.3) is 0 Å². The van der Waals surface area contributed by atoms with Gasteiger partial charge in [-0.25, -0.2) is 4.98 Å². The second-order valence-electron chi connectivity index (χ2n) is 3.25. The predicted octanol–water partition coefficient (Wildman–Crippen LogP) is 1.45. The summed E-state index contributed by atoms with van der Waals surface area (Å²) in [6, 6.07) is 0. The van der Waals surface area contributed by atoms with E-state index >= 15 is 0 Å². The zero-order valence-corrected chi connectivity index (χ0v) is 9.58. The predicted molar refractivity (Wildman–Crippen MR) is 59.8 cm³/mol. The number of aromatic nitrogens is 4. The van der Waals surface area contributed by atoms with Crippen LogP contribution >= 0.6 is 11.5 Å². The fraction of sp³-hybridized carbons (Fsp3) is 0.444. The molecule has 0 aliphatic carbocycles. The number of nitrogens with one attached hydrogen (secondary N) is 1. The van der Waals surface area contributed by atoms with E-state index < -0.39 is 0 Å². The number of aryl methyl sites for hydroxylation is 2. The SMILES string of the molecule is CCc1nsc(NCc2cnn(C)c2)n1. The molecule has 0 fully saturated rings. The molecule has 0 bridgehead atoms. The molecule has 0 saturated heterocycles. The molecule has 6 heteroatoms. The standard InChI is InChI=1S/C9H13N5S/c1-3-8-12-9(15-13-8)10-4-7-5-11-14(2)6-7/h5-6H,3-4H2,1-2H3,(H,10,12,13). The van der Waals surface area contributed by atoms with E-state index in [0.29, 0.717) is 0 Å². The van der Waals surface area contributed by atoms with Crippen molar-refractivity contribution in [1.29, 1.82) is 0 Å². The Morgan fingerprint density at radius 1 is 1.53 bits per heavy atom. The number of nitrogens with zero attached hydrogens (tertiary/aromatic N) is 4. The van der Waals surface area contributed by atoms with Crippen molar-refractivity contribution in [2.45, 2.75) is 19.9 Å². The Hall–Kier alpha value is -1.43. The Balaban J connectivity index is 1.93. The maximum absolute atomic E-state index is 4.32. The molecule has 0 aliphatic heterocycles. The van der Waals surface area contributed by atoms with Gasteiger partial charge in [0, 0.05) is 43.3 Å². The van der Waals surface area contributed by atoms with Crippen molar-refractivity contribution in [3.8, 4) is 0 Å². The molecule has 2 rings (SSSR count). The highest BCUT2D eigenvalue weighted by Gasteiger charge is 2.02. The maximum atomic E-state index is 4.32. The third-order valence-corrected chi connectivity index (χ3v) is 2.70. The minimum Gasteiger partial charge on any atom is -0.356 e. The monoisotopic (exact) mass is 223 g/mol. The van der Waals surface area contributed by atoms with Crippen molar-refractivity contribution in [2.75, 3.05) is 5.32 Å². The van der Waals surface area contributed by atoms with Crippen LogP contribution in [0.2, 0.25) is 0 Å². The molecule has 0 unspecified atom stereocenters. The van der Waals surface area contributed by atoms with Crippen LogP contribution in [0.1, 0.15) is 18.3 Å². The van der Waals surface area contributed by atoms with Crippen LogP contribution in [0.5, 0.6) is 0 Å². The lowest BCUT2D eigenvalue weighted by molar-refractivity contribution is 0.767. The van der Waals surface area contributed by atoms with Crippen molar-refractivity contribution in [3.05, 3.63) is 23.8 Å². The highest BCUT2D eigenvalue weighted by Crippen LogP contribution is 2.12. The Morgan fingerprint density at radius 3 is 3.00 bits per heavy atom. The quantitative estimate of drug-likeness (QED) is 0.852. The summed E-state index contributed by atoms with van der Waals surface area (Å²) >= 11 is 1.40. The van der Waals surface area contributed by atoms with Gasteiger partial charge in [-0.3, -0.25) is 4.68 Å². The van der Waals surface area contributed by atoms with Crippen molar-refractivity contribution in [2.24, 2.45) is 7.05 Å². The molecule has 0 radical (unpaired) electrons. The molecule has 0 spiro atoms. The van der Waals surface area contributed by atoms with Crippen molar-refractivity contribution >= 4 is 16.7 Å². The Morgan fingerprint density at radius 2 is 2.40 bits per heavy atom. The fourth-order valence-electron chi connectivity index (χ4n) is 1.21. The Kier molecular flexibility index (Phi) is 2.96. The van der Waals surface area contributed by atoms with Gasteiger partial charge in [0.15, 0.2) is 0 Å². The molecule has 15 heavy (non-hydrogen) atoms. The first-order valence-electron chi connectivity index (χ1n) is 4.82. The average Bonchev–Trinajstić information content (AvgIpc) is 2.83. The summed E-state index contributed by atoms with van der Waals surface area (Å²) in [4.78, 5) is 4.32. The summed E-state index contributed by atoms with van der Waals surface area (Å²) in [5.74, 6) is 0.897. The van der Waals surface area contributed by atoms with Crippen LogP contribution < -0.4 is 5.32 Å². The lowest BCUT2D eigenvalue weighted by Crippen LogP contribution is -1.98. The molecule has 0 aliphatic rings. The summed E-state index contributed by atoms with van der Waals surface area (Å²) in [7, 11) is 1.91. The van der Waals surface area contributed by atoms with E-state index in [9.17, 15) is 0 Å². The van der Waals surface area contributed by atoms with Crippen LogP contribution in [0.3, 0.4) is 0 Å². The molecule has 2 aromatic rings. The van der Waals surface area contributed by atoms with Gasteiger partial charge in [-0.15, -0.1) is 0 Å². The first kappa shape index (κ1) is 10.1. The smallest absolute Gasteiger partial charge is 0.202 e. The van der Waals surface area contributed by atoms with Crippen LogP contribution in [0.25, 0.3) is 0 Å². The van der Waals surface area contributed by atoms with Crippen LogP contribution in [0.15, 0.2) is 12.4 Å². The van der Waals surface area contributed by atoms with E-state index in [-0.39, 0.29) is 0 Å². The largest absolute Gasteiger partial charge is 0.356 e. The summed E-state index contributed by atoms with van der Waals surface area (Å²) < 4.78 is 5.99. The minimum atomic E-state index is 0.742. The van der Waals surface area contributed by atoms with Gasteiger partial charge in [-0.2, -0.15) is 9.47 Å². The minimum absolute atomic E-state index is 0.742. The fourth-order valence-corrected chi connectivity index (χ4v) is 1.85. The van der Waals surface area contributed by atoms with Gasteiger partial charge in [-0.1, -0.05) is 6.92 Å². The van der Waals surface area contributed by atoms with E-state index in [1.165, 1.54) is 11.5 Å². The van der Waals surface area contributed by atoms with Crippen molar-refractivity contribution < 1.29 is 0 Å². The van der Waals surface area contributed by atoms with Crippen molar-refractivity contribution in [3.63, 3.8) is 0 Å². The van der Waals surface area contributed by atoms with E-state index in [0.717, 1.165) is 29.5 Å². The first-order valence-corrected chi connectivity index (χ1v) is 5.59. The number of hydrogen-bond donors (Lipinski definition) is 1. The van der Waals surface area contributed by atoms with Gasteiger partial charge in [-0.05, 0) is 0 Å². The highest BCUT2D eigenvalue weighted by molar-refractivity contribution is 7.09. The van der Waals surface area contributed by atoms with Gasteiger partial charge in [0.2, 0.25) is 5.13 Å². The molecule has 0 aromatic carbocycles. The molecule has 0 saturated carbocycles. The zero-order valence-electron chi connectivity index (χ0n) is 8.77. The third-order valence-electron chi connectivity index (χ3n) is 1.99. The second-order valence-corrected chi connectivity index (χ2v) is 4.00. The maximum Gasteiger partial charge on any atom is 0.202 e. The molecule has 0 amide bonds. The lowest BCUT2D eigenvalue weighted by atomic mass is 10.4. The Bertz CT molecular complexity index is 433. The molecule has 80 valence electrons. The first-order chi connectivity index (χ1) is 7.28. The topological polar surface area (TPSA) is 55.6 Å². The van der Waals surface area contributed by atoms with Crippen LogP contribution in [0, 0.1) is 0 Å². The molecule has 2 heterocycles. The summed E-state index contributed by atoms with van der Waals surface area (Å²) in [5, 5.41) is 8.19. The van der Waals surface area contributed by atoms with Gasteiger partial charge in [0.05, 0.1) is 6.20 Å². The molecule has 5 nitrogen and oxygen atoms in total. The van der Waals surface area contributed by atoms with Crippen LogP contribution in [-0.4, -0.2) is 19.1 Å². The van der Waals surface area contributed by atoms with E-state index in [1.807, 2.05) is 26.4 Å². The van der Waals surface area contributed by atoms with E-state index in [1.54, 1.807) is 4.68 Å². The zero-order chi connectivity index (χ0) is 10.7. The van der Waals surface area contributed by atoms with Crippen LogP contribution in [-0.2, 0) is 20.0 Å². The van der Waals surface area contributed by atoms with E-state index in [2.05, 4.69) is 19.8 Å². The van der Waals surface area contributed by atoms with Gasteiger partial charge in [0.1, 0.15) is 5.82 Å². The molecule has 1 N–H and O–H groups in total. The number of rotatable bonds is 4. The van der Waals surface area contributed by atoms with Crippen LogP contribution in [0.4, 0.5) is 5.13 Å². The van der Waals surface area contributed by atoms with Crippen molar-refractivity contribution in [1.82, 2.24) is 19.1 Å². The number of anilines is 1. The molecular weight excluding hydrogens is 210 g/mol. The Labute approximate surface area is 92.3 Å². The molecule has 2 aromatic heterocycles. The van der Waals surface area contributed by atoms with Gasteiger partial charge < -0.3 is 5.32 Å². The molecule has 0 atom stereocenters. The average molecular weight is 223 g/mol.